The van der Waals surface area contributed by atoms with Crippen molar-refractivity contribution in [3.05, 3.63) is 45.1 Å². The van der Waals surface area contributed by atoms with Crippen LogP contribution in [0.3, 0.4) is 0 Å². The number of aromatic nitrogens is 2. The topological polar surface area (TPSA) is 77.4 Å². The SMILES string of the molecule is C=C1[C@@H]2CN(c3nc(C)c(F)c(OC)n3)C[C@]2(c2ccc(Cl)s2)NC(=N)N1C. The molecule has 2 atom stereocenters. The van der Waals surface area contributed by atoms with Gasteiger partial charge in [0.1, 0.15) is 5.54 Å². The highest BCUT2D eigenvalue weighted by Crippen LogP contribution is 2.47. The summed E-state index contributed by atoms with van der Waals surface area (Å²) in [5, 5.41) is 11.7. The van der Waals surface area contributed by atoms with Gasteiger partial charge in [0.05, 0.1) is 17.1 Å². The van der Waals surface area contributed by atoms with Crippen LogP contribution < -0.4 is 15.0 Å². The van der Waals surface area contributed by atoms with Crippen molar-refractivity contribution in [1.29, 1.82) is 5.41 Å². The second-order valence-corrected chi connectivity index (χ2v) is 8.68. The van der Waals surface area contributed by atoms with Crippen LogP contribution in [0.1, 0.15) is 10.6 Å². The van der Waals surface area contributed by atoms with Crippen LogP contribution in [0.5, 0.6) is 5.88 Å². The summed E-state index contributed by atoms with van der Waals surface area (Å²) in [5.74, 6) is -0.0347. The van der Waals surface area contributed by atoms with Gasteiger partial charge in [0.15, 0.2) is 5.96 Å². The third-order valence-electron chi connectivity index (χ3n) is 5.41. The van der Waals surface area contributed by atoms with Gasteiger partial charge in [-0.1, -0.05) is 18.2 Å². The molecular formula is C18H20ClFN6OS. The van der Waals surface area contributed by atoms with Crippen LogP contribution in [-0.2, 0) is 5.54 Å². The average molecular weight is 423 g/mol. The Bertz CT molecular complexity index is 981. The smallest absolute Gasteiger partial charge is 0.255 e. The van der Waals surface area contributed by atoms with Crippen molar-refractivity contribution in [3.63, 3.8) is 0 Å². The highest BCUT2D eigenvalue weighted by molar-refractivity contribution is 7.16. The van der Waals surface area contributed by atoms with Gasteiger partial charge in [-0.2, -0.15) is 9.37 Å². The van der Waals surface area contributed by atoms with Crippen molar-refractivity contribution >= 4 is 34.8 Å². The van der Waals surface area contributed by atoms with E-state index in [9.17, 15) is 4.39 Å². The lowest BCUT2D eigenvalue weighted by molar-refractivity contribution is 0.274. The standard InChI is InChI=1S/C18H20ClFN6OS/c1-9-14(20)15(27-4)23-17(22-9)26-7-11-10(2)25(3)16(21)24-18(11,8-26)12-5-6-13(19)28-12/h5-6,11H,2,7-8H2,1,3-4H3,(H2,21,24)/t11-,18-/m0/s1. The van der Waals surface area contributed by atoms with Crippen molar-refractivity contribution in [3.8, 4) is 5.88 Å². The molecule has 0 spiro atoms. The van der Waals surface area contributed by atoms with Crippen LogP contribution >= 0.6 is 22.9 Å². The molecule has 28 heavy (non-hydrogen) atoms. The van der Waals surface area contributed by atoms with Crippen LogP contribution in [0, 0.1) is 24.1 Å². The third kappa shape index (κ3) is 2.72. The number of aryl methyl sites for hydroxylation is 1. The monoisotopic (exact) mass is 422 g/mol. The molecule has 2 saturated heterocycles. The van der Waals surface area contributed by atoms with Crippen LogP contribution in [0.4, 0.5) is 10.3 Å². The third-order valence-corrected chi connectivity index (χ3v) is 6.82. The first-order valence-electron chi connectivity index (χ1n) is 8.65. The van der Waals surface area contributed by atoms with E-state index in [-0.39, 0.29) is 23.5 Å². The molecule has 0 unspecified atom stereocenters. The van der Waals surface area contributed by atoms with Crippen molar-refractivity contribution < 1.29 is 9.13 Å². The summed E-state index contributed by atoms with van der Waals surface area (Å²) in [6, 6.07) is 3.82. The number of halogens is 2. The van der Waals surface area contributed by atoms with Gasteiger partial charge >= 0.3 is 0 Å². The predicted molar refractivity (Wildman–Crippen MR) is 108 cm³/mol. The van der Waals surface area contributed by atoms with Gasteiger partial charge in [0, 0.05) is 36.6 Å². The normalized spacial score (nSPS) is 24.4. The lowest BCUT2D eigenvalue weighted by Crippen LogP contribution is -2.60. The van der Waals surface area contributed by atoms with Gasteiger partial charge in [0.25, 0.3) is 5.88 Å². The minimum absolute atomic E-state index is 0.0405. The van der Waals surface area contributed by atoms with Gasteiger partial charge < -0.3 is 19.9 Å². The van der Waals surface area contributed by atoms with Gasteiger partial charge in [-0.05, 0) is 19.1 Å². The maximum absolute atomic E-state index is 14.1. The Morgan fingerprint density at radius 2 is 2.21 bits per heavy atom. The fraction of sp³-hybridized carbons (Fsp3) is 0.389. The Morgan fingerprint density at radius 1 is 1.46 bits per heavy atom. The molecule has 2 fully saturated rings. The van der Waals surface area contributed by atoms with Crippen LogP contribution in [0.2, 0.25) is 4.34 Å². The van der Waals surface area contributed by atoms with E-state index >= 15 is 0 Å². The van der Waals surface area contributed by atoms with E-state index < -0.39 is 11.4 Å². The molecule has 0 aliphatic carbocycles. The van der Waals surface area contributed by atoms with Crippen LogP contribution in [0.25, 0.3) is 0 Å². The second-order valence-electron chi connectivity index (χ2n) is 6.96. The highest BCUT2D eigenvalue weighted by Gasteiger charge is 2.55. The minimum Gasteiger partial charge on any atom is -0.479 e. The zero-order chi connectivity index (χ0) is 20.2. The van der Waals surface area contributed by atoms with Crippen LogP contribution in [-0.4, -0.2) is 48.1 Å². The first-order valence-corrected chi connectivity index (χ1v) is 9.84. The molecular weight excluding hydrogens is 403 g/mol. The quantitative estimate of drug-likeness (QED) is 0.791. The van der Waals surface area contributed by atoms with E-state index in [0.29, 0.717) is 23.4 Å². The second kappa shape index (κ2) is 6.59. The van der Waals surface area contributed by atoms with Crippen LogP contribution in [0.15, 0.2) is 24.4 Å². The molecule has 0 saturated carbocycles. The Kier molecular flexibility index (Phi) is 4.46. The number of rotatable bonds is 3. The van der Waals surface area contributed by atoms with Crippen molar-refractivity contribution in [2.45, 2.75) is 12.5 Å². The first kappa shape index (κ1) is 18.9. The summed E-state index contributed by atoms with van der Waals surface area (Å²) >= 11 is 7.68. The first-order chi connectivity index (χ1) is 13.3. The number of thiophene rings is 1. The zero-order valence-electron chi connectivity index (χ0n) is 15.7. The summed E-state index contributed by atoms with van der Waals surface area (Å²) in [6.45, 7) is 6.86. The number of guanidine groups is 1. The number of methoxy groups -OCH3 is 1. The van der Waals surface area contributed by atoms with Crippen molar-refractivity contribution in [1.82, 2.24) is 20.2 Å². The summed E-state index contributed by atoms with van der Waals surface area (Å²) < 4.78 is 19.9. The van der Waals surface area contributed by atoms with E-state index in [1.54, 1.807) is 11.8 Å². The lowest BCUT2D eigenvalue weighted by Gasteiger charge is -2.45. The van der Waals surface area contributed by atoms with Crippen molar-refractivity contribution in [2.75, 3.05) is 32.1 Å². The maximum atomic E-state index is 14.1. The minimum atomic E-state index is -0.586. The van der Waals surface area contributed by atoms with Gasteiger partial charge in [-0.15, -0.1) is 11.3 Å². The summed E-state index contributed by atoms with van der Waals surface area (Å²) in [4.78, 5) is 13.3. The molecule has 10 heteroatoms. The molecule has 0 aromatic carbocycles. The molecule has 7 nitrogen and oxygen atoms in total. The fourth-order valence-corrected chi connectivity index (χ4v) is 5.09. The molecule has 0 amide bonds. The lowest BCUT2D eigenvalue weighted by atomic mass is 9.81. The maximum Gasteiger partial charge on any atom is 0.255 e. The van der Waals surface area contributed by atoms with Gasteiger partial charge in [-0.25, -0.2) is 4.98 Å². The Morgan fingerprint density at radius 3 is 2.86 bits per heavy atom. The van der Waals surface area contributed by atoms with Crippen molar-refractivity contribution in [2.24, 2.45) is 5.92 Å². The molecule has 0 bridgehead atoms. The van der Waals surface area contributed by atoms with E-state index in [2.05, 4.69) is 21.9 Å². The Balaban J connectivity index is 1.80. The highest BCUT2D eigenvalue weighted by atomic mass is 35.5. The number of fused-ring (bicyclic) bond motifs is 1. The molecule has 2 N–H and O–H groups in total. The Labute approximate surface area is 171 Å². The molecule has 2 aliphatic heterocycles. The Hall–Kier alpha value is -2.39. The number of nitrogens with zero attached hydrogens (tertiary/aromatic N) is 4. The average Bonchev–Trinajstić information content (AvgIpc) is 3.27. The summed E-state index contributed by atoms with van der Waals surface area (Å²) in [5.41, 5.74) is 0.459. The molecule has 2 aliphatic rings. The van der Waals surface area contributed by atoms with E-state index in [1.165, 1.54) is 18.4 Å². The number of nitrogens with one attached hydrogen (secondary N) is 2. The fourth-order valence-electron chi connectivity index (χ4n) is 3.85. The summed E-state index contributed by atoms with van der Waals surface area (Å²) in [6.07, 6.45) is 0. The molecule has 148 valence electrons. The van der Waals surface area contributed by atoms with E-state index in [0.717, 1.165) is 10.6 Å². The molecule has 0 radical (unpaired) electrons. The van der Waals surface area contributed by atoms with Gasteiger partial charge in [0.2, 0.25) is 11.8 Å². The molecule has 4 heterocycles. The van der Waals surface area contributed by atoms with Gasteiger partial charge in [-0.3, -0.25) is 5.41 Å². The molecule has 2 aromatic heterocycles. The molecule has 2 aromatic rings. The summed E-state index contributed by atoms with van der Waals surface area (Å²) in [7, 11) is 3.19. The number of hydrogen-bond donors (Lipinski definition) is 2. The predicted octanol–water partition coefficient (Wildman–Crippen LogP) is 2.96. The largest absolute Gasteiger partial charge is 0.479 e. The number of ether oxygens (including phenoxy) is 1. The number of hydrogen-bond acceptors (Lipinski definition) is 6. The molecule has 4 rings (SSSR count). The van der Waals surface area contributed by atoms with E-state index in [4.69, 9.17) is 21.7 Å². The van der Waals surface area contributed by atoms with E-state index in [1.807, 2.05) is 24.1 Å². The number of anilines is 1. The zero-order valence-corrected chi connectivity index (χ0v) is 17.3.